The molecule has 1 fully saturated rings. The fourth-order valence-corrected chi connectivity index (χ4v) is 4.24. The van der Waals surface area contributed by atoms with E-state index in [0.717, 1.165) is 42.4 Å². The molecule has 2 aliphatic rings. The number of aldehydes is 1. The van der Waals surface area contributed by atoms with Gasteiger partial charge >= 0.3 is 6.09 Å². The van der Waals surface area contributed by atoms with E-state index in [1.54, 1.807) is 4.90 Å². The molecule has 162 valence electrons. The molecule has 0 bridgehead atoms. The molecule has 2 aromatic rings. The molecule has 2 heterocycles. The van der Waals surface area contributed by atoms with Gasteiger partial charge in [-0.15, -0.1) is 0 Å². The van der Waals surface area contributed by atoms with Gasteiger partial charge in [0.1, 0.15) is 23.2 Å². The minimum Gasteiger partial charge on any atom is -0.486 e. The van der Waals surface area contributed by atoms with Crippen molar-refractivity contribution in [2.24, 2.45) is 0 Å². The van der Waals surface area contributed by atoms with E-state index >= 15 is 0 Å². The summed E-state index contributed by atoms with van der Waals surface area (Å²) in [6.45, 7) is 6.87. The largest absolute Gasteiger partial charge is 0.486 e. The Hall–Kier alpha value is -3.08. The minimum absolute atomic E-state index is 0.260. The number of benzene rings is 2. The average molecular weight is 420 g/mol. The van der Waals surface area contributed by atoms with Gasteiger partial charge in [-0.05, 0) is 38.0 Å². The minimum atomic E-state index is -0.498. The van der Waals surface area contributed by atoms with E-state index in [1.165, 1.54) is 5.57 Å². The summed E-state index contributed by atoms with van der Waals surface area (Å²) in [6.07, 6.45) is 5.06. The number of rotatable bonds is 2. The molecule has 4 rings (SSSR count). The summed E-state index contributed by atoms with van der Waals surface area (Å²) in [4.78, 5) is 25.2. The van der Waals surface area contributed by atoms with Crippen LogP contribution in [0.5, 0.6) is 5.75 Å². The van der Waals surface area contributed by atoms with E-state index in [4.69, 9.17) is 9.47 Å². The topological polar surface area (TPSA) is 55.8 Å². The predicted molar refractivity (Wildman–Crippen MR) is 121 cm³/mol. The predicted octanol–water partition coefficient (Wildman–Crippen LogP) is 5.59. The van der Waals surface area contributed by atoms with Crippen molar-refractivity contribution in [3.8, 4) is 5.75 Å². The highest BCUT2D eigenvalue weighted by atomic mass is 16.6. The molecule has 1 amide bonds. The lowest BCUT2D eigenvalue weighted by Gasteiger charge is -2.45. The first-order chi connectivity index (χ1) is 14.8. The average Bonchev–Trinajstić information content (AvgIpc) is 2.73. The fourth-order valence-electron chi connectivity index (χ4n) is 4.24. The van der Waals surface area contributed by atoms with Crippen molar-refractivity contribution in [3.63, 3.8) is 0 Å². The number of hydrogen-bond donors (Lipinski definition) is 0. The van der Waals surface area contributed by atoms with Crippen LogP contribution in [-0.2, 0) is 4.74 Å². The highest BCUT2D eigenvalue weighted by molar-refractivity contribution is 5.86. The smallest absolute Gasteiger partial charge is 0.410 e. The van der Waals surface area contributed by atoms with Crippen LogP contribution >= 0.6 is 0 Å². The highest BCUT2D eigenvalue weighted by Gasteiger charge is 2.42. The lowest BCUT2D eigenvalue weighted by molar-refractivity contribution is -0.0179. The van der Waals surface area contributed by atoms with E-state index in [9.17, 15) is 9.59 Å². The van der Waals surface area contributed by atoms with Gasteiger partial charge in [-0.25, -0.2) is 4.79 Å². The molecule has 0 aromatic heterocycles. The van der Waals surface area contributed by atoms with E-state index in [1.807, 2.05) is 63.2 Å². The molecule has 0 atom stereocenters. The third kappa shape index (κ3) is 4.82. The summed E-state index contributed by atoms with van der Waals surface area (Å²) in [6, 6.07) is 15.7. The normalized spacial score (nSPS) is 18.9. The number of fused-ring (bicyclic) bond motifs is 1. The van der Waals surface area contributed by atoms with Crippen LogP contribution in [0, 0.1) is 0 Å². The first-order valence-electron chi connectivity index (χ1n) is 10.8. The first-order valence-corrected chi connectivity index (χ1v) is 10.8. The molecular formula is C26H29NO4. The van der Waals surface area contributed by atoms with Crippen LogP contribution < -0.4 is 4.74 Å². The lowest BCUT2D eigenvalue weighted by atomic mass is 9.80. The zero-order valence-corrected chi connectivity index (χ0v) is 18.4. The second-order valence-electron chi connectivity index (χ2n) is 9.38. The van der Waals surface area contributed by atoms with Crippen LogP contribution in [0.2, 0.25) is 0 Å². The third-order valence-electron chi connectivity index (χ3n) is 5.81. The maximum atomic E-state index is 12.5. The fraction of sp³-hybridized carbons (Fsp3) is 0.385. The number of amides is 1. The Morgan fingerprint density at radius 2 is 1.68 bits per heavy atom. The van der Waals surface area contributed by atoms with Gasteiger partial charge in [0, 0.05) is 43.5 Å². The quantitative estimate of drug-likeness (QED) is 0.595. The summed E-state index contributed by atoms with van der Waals surface area (Å²) in [7, 11) is 0. The monoisotopic (exact) mass is 419 g/mol. The van der Waals surface area contributed by atoms with Crippen LogP contribution in [0.25, 0.3) is 11.6 Å². The van der Waals surface area contributed by atoms with E-state index in [-0.39, 0.29) is 11.7 Å². The van der Waals surface area contributed by atoms with Crippen LogP contribution in [0.1, 0.15) is 61.5 Å². The number of hydrogen-bond acceptors (Lipinski definition) is 4. The molecule has 0 aliphatic carbocycles. The molecule has 2 aromatic carbocycles. The summed E-state index contributed by atoms with van der Waals surface area (Å²) in [5.74, 6) is 0.884. The van der Waals surface area contributed by atoms with Crippen molar-refractivity contribution < 1.29 is 19.1 Å². The maximum Gasteiger partial charge on any atom is 0.410 e. The summed E-state index contributed by atoms with van der Waals surface area (Å²) >= 11 is 0. The van der Waals surface area contributed by atoms with Crippen molar-refractivity contribution in [1.82, 2.24) is 4.90 Å². The number of nitrogens with zero attached hydrogens (tertiary/aromatic N) is 1. The molecule has 0 N–H and O–H groups in total. The second-order valence-corrected chi connectivity index (χ2v) is 9.38. The molecule has 0 radical (unpaired) electrons. The molecule has 1 saturated heterocycles. The van der Waals surface area contributed by atoms with Gasteiger partial charge in [-0.2, -0.15) is 0 Å². The molecule has 5 heteroatoms. The number of piperidine rings is 1. The zero-order valence-electron chi connectivity index (χ0n) is 18.4. The maximum absolute atomic E-state index is 12.5. The molecule has 31 heavy (non-hydrogen) atoms. The van der Waals surface area contributed by atoms with E-state index in [2.05, 4.69) is 12.1 Å². The van der Waals surface area contributed by atoms with Crippen LogP contribution in [0.15, 0.2) is 48.5 Å². The third-order valence-corrected chi connectivity index (χ3v) is 5.81. The Morgan fingerprint density at radius 1 is 1.03 bits per heavy atom. The zero-order chi connectivity index (χ0) is 22.1. The van der Waals surface area contributed by atoms with Crippen LogP contribution in [0.4, 0.5) is 4.79 Å². The molecule has 2 aliphatic heterocycles. The van der Waals surface area contributed by atoms with Gasteiger partial charge in [0.05, 0.1) is 0 Å². The molecule has 1 spiro atoms. The Labute approximate surface area is 183 Å². The Morgan fingerprint density at radius 3 is 2.32 bits per heavy atom. The van der Waals surface area contributed by atoms with E-state index in [0.29, 0.717) is 18.7 Å². The van der Waals surface area contributed by atoms with Gasteiger partial charge in [0.25, 0.3) is 0 Å². The Kier molecular flexibility index (Phi) is 5.61. The van der Waals surface area contributed by atoms with Crippen molar-refractivity contribution in [2.45, 2.75) is 51.2 Å². The van der Waals surface area contributed by atoms with E-state index < -0.39 is 5.60 Å². The number of para-hydroxylation sites is 1. The van der Waals surface area contributed by atoms with Crippen molar-refractivity contribution in [1.29, 1.82) is 0 Å². The van der Waals surface area contributed by atoms with Gasteiger partial charge in [-0.1, -0.05) is 48.5 Å². The van der Waals surface area contributed by atoms with Crippen molar-refractivity contribution >= 4 is 24.0 Å². The lowest BCUT2D eigenvalue weighted by Crippen LogP contribution is -2.51. The number of ether oxygens (including phenoxy) is 2. The highest BCUT2D eigenvalue weighted by Crippen LogP contribution is 2.45. The molecule has 5 nitrogen and oxygen atoms in total. The standard InChI is InChI=1S/C26H29NO4/c1-25(2,3)31-24(29)27-14-12-26(13-15-27)17-21(22-6-4-5-7-23(22)30-26)16-19-8-10-20(18-28)11-9-19/h4-11,16,18H,12-15,17H2,1-3H3/b21-16+. The van der Waals surface area contributed by atoms with Gasteiger partial charge in [-0.3, -0.25) is 4.79 Å². The Balaban J connectivity index is 1.56. The Bertz CT molecular complexity index is 993. The first kappa shape index (κ1) is 21.2. The number of carbonyl (C=O) groups excluding carboxylic acids is 2. The molecule has 0 saturated carbocycles. The van der Waals surface area contributed by atoms with Gasteiger partial charge < -0.3 is 14.4 Å². The van der Waals surface area contributed by atoms with Crippen molar-refractivity contribution in [3.05, 3.63) is 65.2 Å². The van der Waals surface area contributed by atoms with Gasteiger partial charge in [0.2, 0.25) is 0 Å². The summed E-state index contributed by atoms with van der Waals surface area (Å²) < 4.78 is 12.1. The second kappa shape index (κ2) is 8.22. The van der Waals surface area contributed by atoms with Gasteiger partial charge in [0.15, 0.2) is 0 Å². The van der Waals surface area contributed by atoms with Crippen LogP contribution in [0.3, 0.4) is 0 Å². The molecule has 0 unspecified atom stereocenters. The SMILES string of the molecule is CC(C)(C)OC(=O)N1CCC2(CC1)C/C(=C\c1ccc(C=O)cc1)c1ccccc1O2. The van der Waals surface area contributed by atoms with Crippen molar-refractivity contribution in [2.75, 3.05) is 13.1 Å². The number of carbonyl (C=O) groups is 2. The number of likely N-dealkylation sites (tertiary alicyclic amines) is 1. The summed E-state index contributed by atoms with van der Waals surface area (Å²) in [5, 5.41) is 0. The van der Waals surface area contributed by atoms with Crippen LogP contribution in [-0.4, -0.2) is 41.6 Å². The molecular weight excluding hydrogens is 390 g/mol. The summed E-state index contributed by atoms with van der Waals surface area (Å²) in [5.41, 5.74) is 3.20.